The average molecular weight is 298 g/mol. The molecule has 3 heteroatoms. The number of alkyl halides is 1. The minimum atomic E-state index is 0.495. The lowest BCUT2D eigenvalue weighted by Gasteiger charge is -2.43. The third-order valence-corrected chi connectivity index (χ3v) is 4.97. The van der Waals surface area contributed by atoms with Crippen LogP contribution in [-0.2, 0) is 0 Å². The molecule has 0 radical (unpaired) electrons. The lowest BCUT2D eigenvalue weighted by Crippen LogP contribution is -2.42. The summed E-state index contributed by atoms with van der Waals surface area (Å²) >= 11 is 3.66. The van der Waals surface area contributed by atoms with E-state index < -0.39 is 0 Å². The van der Waals surface area contributed by atoms with Gasteiger partial charge in [-0.15, -0.1) is 0 Å². The number of halogens is 1. The van der Waals surface area contributed by atoms with E-state index in [9.17, 15) is 0 Å². The maximum Gasteiger partial charge on any atom is 0.119 e. The summed E-state index contributed by atoms with van der Waals surface area (Å²) in [6.45, 7) is 1.13. The predicted molar refractivity (Wildman–Crippen MR) is 76.3 cm³/mol. The number of methoxy groups -OCH3 is 1. The van der Waals surface area contributed by atoms with Crippen molar-refractivity contribution in [1.82, 2.24) is 0 Å². The van der Waals surface area contributed by atoms with E-state index in [1.165, 1.54) is 24.9 Å². The zero-order chi connectivity index (χ0) is 12.3. The lowest BCUT2D eigenvalue weighted by molar-refractivity contribution is 0.179. The number of anilines is 1. The Morgan fingerprint density at radius 1 is 1.29 bits per heavy atom. The summed E-state index contributed by atoms with van der Waals surface area (Å²) in [6.07, 6.45) is 4.07. The van der Waals surface area contributed by atoms with Crippen molar-refractivity contribution in [2.45, 2.75) is 19.3 Å². The first-order valence-electron chi connectivity index (χ1n) is 6.10. The zero-order valence-corrected chi connectivity index (χ0v) is 12.2. The third kappa shape index (κ3) is 2.76. The Kier molecular flexibility index (Phi) is 3.97. The second-order valence-corrected chi connectivity index (χ2v) is 5.60. The van der Waals surface area contributed by atoms with Crippen LogP contribution < -0.4 is 9.64 Å². The highest BCUT2D eigenvalue weighted by Gasteiger charge is 2.36. The molecule has 17 heavy (non-hydrogen) atoms. The van der Waals surface area contributed by atoms with E-state index in [0.29, 0.717) is 5.41 Å². The normalized spacial score (nSPS) is 17.4. The molecule has 0 unspecified atom stereocenters. The van der Waals surface area contributed by atoms with Crippen molar-refractivity contribution in [1.29, 1.82) is 0 Å². The van der Waals surface area contributed by atoms with Crippen molar-refractivity contribution in [2.24, 2.45) is 5.41 Å². The van der Waals surface area contributed by atoms with Gasteiger partial charge in [-0.3, -0.25) is 0 Å². The van der Waals surface area contributed by atoms with Crippen LogP contribution in [0, 0.1) is 5.41 Å². The van der Waals surface area contributed by atoms with Gasteiger partial charge in [0, 0.05) is 24.6 Å². The quantitative estimate of drug-likeness (QED) is 0.769. The van der Waals surface area contributed by atoms with Crippen molar-refractivity contribution in [2.75, 3.05) is 30.9 Å². The van der Waals surface area contributed by atoms with Gasteiger partial charge in [0.25, 0.3) is 0 Å². The summed E-state index contributed by atoms with van der Waals surface area (Å²) < 4.78 is 5.18. The maximum atomic E-state index is 5.18. The Morgan fingerprint density at radius 3 is 2.35 bits per heavy atom. The lowest BCUT2D eigenvalue weighted by atomic mass is 9.70. The highest BCUT2D eigenvalue weighted by Crippen LogP contribution is 2.43. The Labute approximate surface area is 112 Å². The molecule has 0 heterocycles. The van der Waals surface area contributed by atoms with Crippen LogP contribution >= 0.6 is 15.9 Å². The number of hydrogen-bond donors (Lipinski definition) is 0. The van der Waals surface area contributed by atoms with E-state index in [4.69, 9.17) is 4.74 Å². The van der Waals surface area contributed by atoms with Gasteiger partial charge in [0.1, 0.15) is 5.75 Å². The van der Waals surface area contributed by atoms with E-state index in [-0.39, 0.29) is 0 Å². The standard InChI is InChI=1S/C14H20BrNO/c1-16(11-14(10-15)8-3-9-14)12-4-6-13(17-2)7-5-12/h4-7H,3,8-11H2,1-2H3. The summed E-state index contributed by atoms with van der Waals surface area (Å²) in [5.74, 6) is 0.918. The van der Waals surface area contributed by atoms with Gasteiger partial charge < -0.3 is 9.64 Å². The molecule has 2 nitrogen and oxygen atoms in total. The van der Waals surface area contributed by atoms with Crippen molar-refractivity contribution in [3.05, 3.63) is 24.3 Å². The van der Waals surface area contributed by atoms with Crippen LogP contribution in [0.2, 0.25) is 0 Å². The van der Waals surface area contributed by atoms with Crippen molar-refractivity contribution in [3.63, 3.8) is 0 Å². The van der Waals surface area contributed by atoms with Gasteiger partial charge in [-0.25, -0.2) is 0 Å². The SMILES string of the molecule is COc1ccc(N(C)CC2(CBr)CCC2)cc1. The van der Waals surface area contributed by atoms with Crippen LogP contribution in [0.4, 0.5) is 5.69 Å². The molecular weight excluding hydrogens is 278 g/mol. The fraction of sp³-hybridized carbons (Fsp3) is 0.571. The molecule has 1 saturated carbocycles. The molecule has 1 fully saturated rings. The van der Waals surface area contributed by atoms with E-state index in [1.807, 2.05) is 12.1 Å². The fourth-order valence-corrected chi connectivity index (χ4v) is 3.18. The molecule has 0 spiro atoms. The topological polar surface area (TPSA) is 12.5 Å². The second-order valence-electron chi connectivity index (χ2n) is 5.04. The van der Waals surface area contributed by atoms with Crippen molar-refractivity contribution >= 4 is 21.6 Å². The molecule has 1 aliphatic carbocycles. The molecule has 0 saturated heterocycles. The molecule has 0 atom stereocenters. The van der Waals surface area contributed by atoms with Crippen LogP contribution in [0.5, 0.6) is 5.75 Å². The van der Waals surface area contributed by atoms with Gasteiger partial charge in [0.15, 0.2) is 0 Å². The first-order chi connectivity index (χ1) is 8.19. The van der Waals surface area contributed by atoms with Crippen molar-refractivity contribution < 1.29 is 4.74 Å². The largest absolute Gasteiger partial charge is 0.497 e. The molecule has 0 amide bonds. The molecule has 0 bridgehead atoms. The van der Waals surface area contributed by atoms with E-state index in [0.717, 1.165) is 17.6 Å². The Morgan fingerprint density at radius 2 is 1.94 bits per heavy atom. The van der Waals surface area contributed by atoms with Crippen LogP contribution in [0.3, 0.4) is 0 Å². The first-order valence-corrected chi connectivity index (χ1v) is 7.22. The Hall–Kier alpha value is -0.700. The monoisotopic (exact) mass is 297 g/mol. The summed E-state index contributed by atoms with van der Waals surface area (Å²) in [4.78, 5) is 2.35. The number of nitrogens with zero attached hydrogens (tertiary/aromatic N) is 1. The van der Waals surface area contributed by atoms with E-state index in [1.54, 1.807) is 7.11 Å². The molecule has 2 rings (SSSR count). The van der Waals surface area contributed by atoms with E-state index in [2.05, 4.69) is 40.0 Å². The van der Waals surface area contributed by atoms with Gasteiger partial charge >= 0.3 is 0 Å². The van der Waals surface area contributed by atoms with Crippen LogP contribution in [0.1, 0.15) is 19.3 Å². The van der Waals surface area contributed by atoms with Gasteiger partial charge in [-0.2, -0.15) is 0 Å². The number of ether oxygens (including phenoxy) is 1. The zero-order valence-electron chi connectivity index (χ0n) is 10.6. The molecule has 1 aromatic carbocycles. The van der Waals surface area contributed by atoms with Crippen LogP contribution in [0.25, 0.3) is 0 Å². The predicted octanol–water partition coefficient (Wildman–Crippen LogP) is 3.70. The number of hydrogen-bond acceptors (Lipinski definition) is 2. The highest BCUT2D eigenvalue weighted by molar-refractivity contribution is 9.09. The van der Waals surface area contributed by atoms with Gasteiger partial charge in [-0.1, -0.05) is 22.4 Å². The summed E-state index contributed by atoms with van der Waals surface area (Å²) in [5.41, 5.74) is 1.76. The second kappa shape index (κ2) is 5.30. The third-order valence-electron chi connectivity index (χ3n) is 3.78. The summed E-state index contributed by atoms with van der Waals surface area (Å²) in [5, 5.41) is 1.11. The van der Waals surface area contributed by atoms with Crippen LogP contribution in [0.15, 0.2) is 24.3 Å². The van der Waals surface area contributed by atoms with Crippen molar-refractivity contribution in [3.8, 4) is 5.75 Å². The molecule has 1 aromatic rings. The van der Waals surface area contributed by atoms with Crippen LogP contribution in [-0.4, -0.2) is 26.0 Å². The minimum Gasteiger partial charge on any atom is -0.497 e. The minimum absolute atomic E-state index is 0.495. The molecule has 0 N–H and O–H groups in total. The summed E-state index contributed by atoms with van der Waals surface area (Å²) in [7, 11) is 3.87. The van der Waals surface area contributed by atoms with Gasteiger partial charge in [-0.05, 0) is 42.5 Å². The smallest absolute Gasteiger partial charge is 0.119 e. The summed E-state index contributed by atoms with van der Waals surface area (Å²) in [6, 6.07) is 8.29. The average Bonchev–Trinajstić information content (AvgIpc) is 2.33. The van der Waals surface area contributed by atoms with Gasteiger partial charge in [0.05, 0.1) is 7.11 Å². The molecule has 0 aliphatic heterocycles. The molecule has 1 aliphatic rings. The first kappa shape index (κ1) is 12.7. The molecule has 94 valence electrons. The molecular formula is C14H20BrNO. The Bertz CT molecular complexity index is 353. The highest BCUT2D eigenvalue weighted by atomic mass is 79.9. The fourth-order valence-electron chi connectivity index (χ4n) is 2.44. The maximum absolute atomic E-state index is 5.18. The van der Waals surface area contributed by atoms with E-state index >= 15 is 0 Å². The van der Waals surface area contributed by atoms with Gasteiger partial charge in [0.2, 0.25) is 0 Å². The Balaban J connectivity index is 2.01. The number of rotatable bonds is 5. The molecule has 0 aromatic heterocycles. The number of benzene rings is 1.